The molecule has 1 N–H and O–H groups in total. The summed E-state index contributed by atoms with van der Waals surface area (Å²) in [5, 5.41) is 9.28. The Morgan fingerprint density at radius 3 is 2.92 bits per heavy atom. The molecule has 4 rings (SSSR count). The van der Waals surface area contributed by atoms with E-state index in [0.717, 1.165) is 28.9 Å². The van der Waals surface area contributed by atoms with Crippen LogP contribution in [0.2, 0.25) is 0 Å². The van der Waals surface area contributed by atoms with Crippen LogP contribution >= 0.6 is 0 Å². The van der Waals surface area contributed by atoms with Gasteiger partial charge in [0.2, 0.25) is 0 Å². The first-order chi connectivity index (χ1) is 12.1. The number of benzene rings is 1. The van der Waals surface area contributed by atoms with Crippen LogP contribution in [0.15, 0.2) is 36.7 Å². The average Bonchev–Trinajstić information content (AvgIpc) is 3.29. The fraction of sp³-hybridized carbons (Fsp3) is 0.316. The van der Waals surface area contributed by atoms with E-state index in [-0.39, 0.29) is 5.91 Å². The maximum absolute atomic E-state index is 12.7. The number of carbonyl (C=O) groups is 2. The highest BCUT2D eigenvalue weighted by Crippen LogP contribution is 2.31. The standard InChI is InChI=1S/C19H18N2O4/c22-18(21-6-1-2-16(21)19(23)24)15-9-14(10-20-11-15)12-3-4-17-13(8-12)5-7-25-17/h3-4,8-11,16H,1-2,5-7H2,(H,23,24)/t16-/m1/s1. The zero-order chi connectivity index (χ0) is 17.4. The Bertz CT molecular complexity index is 849. The van der Waals surface area contributed by atoms with Crippen LogP contribution < -0.4 is 4.74 Å². The first-order valence-electron chi connectivity index (χ1n) is 8.38. The van der Waals surface area contributed by atoms with Gasteiger partial charge in [-0.25, -0.2) is 4.79 Å². The van der Waals surface area contributed by atoms with Gasteiger partial charge in [0.15, 0.2) is 0 Å². The van der Waals surface area contributed by atoms with Crippen LogP contribution in [0.3, 0.4) is 0 Å². The fourth-order valence-corrected chi connectivity index (χ4v) is 3.51. The van der Waals surface area contributed by atoms with Crippen LogP contribution in [-0.4, -0.2) is 46.1 Å². The number of hydrogen-bond donors (Lipinski definition) is 1. The van der Waals surface area contributed by atoms with Crippen molar-refractivity contribution in [1.29, 1.82) is 0 Å². The maximum atomic E-state index is 12.7. The molecule has 2 aliphatic rings. The minimum atomic E-state index is -0.950. The summed E-state index contributed by atoms with van der Waals surface area (Å²) in [5.74, 6) is -0.317. The van der Waals surface area contributed by atoms with Crippen molar-refractivity contribution in [3.05, 3.63) is 47.8 Å². The Balaban J connectivity index is 1.63. The normalized spacial score (nSPS) is 18.7. The van der Waals surface area contributed by atoms with Gasteiger partial charge < -0.3 is 14.7 Å². The van der Waals surface area contributed by atoms with Crippen molar-refractivity contribution in [3.8, 4) is 16.9 Å². The number of likely N-dealkylation sites (tertiary alicyclic amines) is 1. The molecular formula is C19H18N2O4. The second-order valence-electron chi connectivity index (χ2n) is 6.38. The summed E-state index contributed by atoms with van der Waals surface area (Å²) in [6, 6.07) is 6.99. The van der Waals surface area contributed by atoms with Crippen molar-refractivity contribution in [2.75, 3.05) is 13.2 Å². The number of fused-ring (bicyclic) bond motifs is 1. The fourth-order valence-electron chi connectivity index (χ4n) is 3.51. The topological polar surface area (TPSA) is 79.7 Å². The van der Waals surface area contributed by atoms with Gasteiger partial charge in [0, 0.05) is 30.9 Å². The molecule has 0 radical (unpaired) electrons. The molecule has 2 aromatic rings. The highest BCUT2D eigenvalue weighted by Gasteiger charge is 2.34. The van der Waals surface area contributed by atoms with Crippen molar-refractivity contribution in [2.45, 2.75) is 25.3 Å². The number of carbonyl (C=O) groups excluding carboxylic acids is 1. The van der Waals surface area contributed by atoms with E-state index in [9.17, 15) is 14.7 Å². The van der Waals surface area contributed by atoms with Crippen LogP contribution in [0.4, 0.5) is 0 Å². The molecule has 1 amide bonds. The third-order valence-electron chi connectivity index (χ3n) is 4.81. The number of rotatable bonds is 3. The lowest BCUT2D eigenvalue weighted by atomic mass is 10.0. The van der Waals surface area contributed by atoms with Crippen molar-refractivity contribution >= 4 is 11.9 Å². The molecule has 0 aliphatic carbocycles. The Morgan fingerprint density at radius 1 is 1.20 bits per heavy atom. The highest BCUT2D eigenvalue weighted by atomic mass is 16.5. The van der Waals surface area contributed by atoms with Gasteiger partial charge in [-0.1, -0.05) is 6.07 Å². The quantitative estimate of drug-likeness (QED) is 0.929. The Kier molecular flexibility index (Phi) is 3.87. The highest BCUT2D eigenvalue weighted by molar-refractivity contribution is 5.97. The zero-order valence-corrected chi connectivity index (χ0v) is 13.6. The van der Waals surface area contributed by atoms with Crippen molar-refractivity contribution < 1.29 is 19.4 Å². The first-order valence-corrected chi connectivity index (χ1v) is 8.38. The molecule has 1 aromatic carbocycles. The van der Waals surface area contributed by atoms with E-state index in [0.29, 0.717) is 31.6 Å². The number of aliphatic carboxylic acids is 1. The van der Waals surface area contributed by atoms with Gasteiger partial charge in [-0.05, 0) is 42.2 Å². The van der Waals surface area contributed by atoms with Crippen molar-refractivity contribution in [1.82, 2.24) is 9.88 Å². The Hall–Kier alpha value is -2.89. The lowest BCUT2D eigenvalue weighted by Crippen LogP contribution is -2.40. The summed E-state index contributed by atoms with van der Waals surface area (Å²) in [4.78, 5) is 29.7. The minimum absolute atomic E-state index is 0.274. The second kappa shape index (κ2) is 6.20. The van der Waals surface area contributed by atoms with Gasteiger partial charge in [0.25, 0.3) is 5.91 Å². The molecule has 0 saturated carbocycles. The monoisotopic (exact) mass is 338 g/mol. The number of pyridine rings is 1. The molecule has 1 aromatic heterocycles. The van der Waals surface area contributed by atoms with Gasteiger partial charge in [-0.2, -0.15) is 0 Å². The molecular weight excluding hydrogens is 320 g/mol. The largest absolute Gasteiger partial charge is 0.493 e. The minimum Gasteiger partial charge on any atom is -0.493 e. The van der Waals surface area contributed by atoms with E-state index in [2.05, 4.69) is 11.1 Å². The van der Waals surface area contributed by atoms with E-state index >= 15 is 0 Å². The van der Waals surface area contributed by atoms with E-state index in [1.54, 1.807) is 12.3 Å². The molecule has 128 valence electrons. The van der Waals surface area contributed by atoms with Crippen LogP contribution in [0.25, 0.3) is 11.1 Å². The summed E-state index contributed by atoms with van der Waals surface area (Å²) >= 11 is 0. The predicted molar refractivity (Wildman–Crippen MR) is 90.6 cm³/mol. The predicted octanol–water partition coefficient (Wildman–Crippen LogP) is 2.37. The van der Waals surface area contributed by atoms with Crippen molar-refractivity contribution in [2.24, 2.45) is 0 Å². The molecule has 6 nitrogen and oxygen atoms in total. The number of carboxylic acid groups (broad SMARTS) is 1. The first kappa shape index (κ1) is 15.6. The number of aromatic nitrogens is 1. The molecule has 1 fully saturated rings. The summed E-state index contributed by atoms with van der Waals surface area (Å²) in [7, 11) is 0. The smallest absolute Gasteiger partial charge is 0.326 e. The van der Waals surface area contributed by atoms with Gasteiger partial charge in [0.05, 0.1) is 12.2 Å². The van der Waals surface area contributed by atoms with Crippen LogP contribution in [-0.2, 0) is 11.2 Å². The molecule has 6 heteroatoms. The molecule has 0 spiro atoms. The molecule has 1 atom stereocenters. The van der Waals surface area contributed by atoms with Crippen LogP contribution in [0.1, 0.15) is 28.8 Å². The van der Waals surface area contributed by atoms with Crippen LogP contribution in [0, 0.1) is 0 Å². The molecule has 25 heavy (non-hydrogen) atoms. The molecule has 1 saturated heterocycles. The molecule has 0 bridgehead atoms. The Morgan fingerprint density at radius 2 is 2.08 bits per heavy atom. The summed E-state index contributed by atoms with van der Waals surface area (Å²) < 4.78 is 5.52. The average molecular weight is 338 g/mol. The lowest BCUT2D eigenvalue weighted by molar-refractivity contribution is -0.141. The number of ether oxygens (including phenoxy) is 1. The van der Waals surface area contributed by atoms with E-state index in [1.807, 2.05) is 12.1 Å². The second-order valence-corrected chi connectivity index (χ2v) is 6.38. The SMILES string of the molecule is O=C(O)[C@H]1CCCN1C(=O)c1cncc(-c2ccc3c(c2)CCO3)c1. The van der Waals surface area contributed by atoms with Gasteiger partial charge in [-0.15, -0.1) is 0 Å². The lowest BCUT2D eigenvalue weighted by Gasteiger charge is -2.21. The summed E-state index contributed by atoms with van der Waals surface area (Å²) in [6.07, 6.45) is 5.30. The number of nitrogens with zero attached hydrogens (tertiary/aromatic N) is 2. The number of carboxylic acids is 1. The third-order valence-corrected chi connectivity index (χ3v) is 4.81. The maximum Gasteiger partial charge on any atom is 0.326 e. The van der Waals surface area contributed by atoms with Gasteiger partial charge in [0.1, 0.15) is 11.8 Å². The van der Waals surface area contributed by atoms with Crippen molar-refractivity contribution in [3.63, 3.8) is 0 Å². The van der Waals surface area contributed by atoms with E-state index < -0.39 is 12.0 Å². The summed E-state index contributed by atoms with van der Waals surface area (Å²) in [5.41, 5.74) is 3.39. The number of amides is 1. The van der Waals surface area contributed by atoms with Crippen LogP contribution in [0.5, 0.6) is 5.75 Å². The Labute approximate surface area is 145 Å². The molecule has 0 unspecified atom stereocenters. The summed E-state index contributed by atoms with van der Waals surface area (Å²) in [6.45, 7) is 1.16. The van der Waals surface area contributed by atoms with E-state index in [1.165, 1.54) is 11.1 Å². The number of hydrogen-bond acceptors (Lipinski definition) is 4. The zero-order valence-electron chi connectivity index (χ0n) is 13.6. The van der Waals surface area contributed by atoms with E-state index in [4.69, 9.17) is 4.74 Å². The third kappa shape index (κ3) is 2.84. The molecule has 3 heterocycles. The van der Waals surface area contributed by atoms with Gasteiger partial charge >= 0.3 is 5.97 Å². The molecule has 2 aliphatic heterocycles. The van der Waals surface area contributed by atoms with Gasteiger partial charge in [-0.3, -0.25) is 9.78 Å².